The second-order valence-corrected chi connectivity index (χ2v) is 6.30. The lowest BCUT2D eigenvalue weighted by atomic mass is 10.2. The van der Waals surface area contributed by atoms with E-state index in [0.717, 1.165) is 44.6 Å². The molecule has 1 fully saturated rings. The number of carbonyl (C=O) groups is 1. The number of ether oxygens (including phenoxy) is 3. The van der Waals surface area contributed by atoms with Crippen molar-refractivity contribution in [2.24, 2.45) is 0 Å². The van der Waals surface area contributed by atoms with Crippen LogP contribution in [-0.4, -0.2) is 65.0 Å². The van der Waals surface area contributed by atoms with Crippen molar-refractivity contribution in [1.29, 1.82) is 0 Å². The molecule has 1 aliphatic heterocycles. The molecule has 0 atom stereocenters. The van der Waals surface area contributed by atoms with Crippen molar-refractivity contribution in [3.8, 4) is 17.2 Å². The molecule has 1 heterocycles. The SMILES string of the molecule is CCCCCNC(=O)N1CCN(c2cc(OC)c(OC)c(OC)c2)CC1. The summed E-state index contributed by atoms with van der Waals surface area (Å²) in [5.41, 5.74) is 1.00. The lowest BCUT2D eigenvalue weighted by Crippen LogP contribution is -2.52. The zero-order valence-corrected chi connectivity index (χ0v) is 16.3. The van der Waals surface area contributed by atoms with Gasteiger partial charge >= 0.3 is 6.03 Å². The number of nitrogens with one attached hydrogen (secondary N) is 1. The Morgan fingerprint density at radius 2 is 1.62 bits per heavy atom. The van der Waals surface area contributed by atoms with E-state index in [9.17, 15) is 4.79 Å². The monoisotopic (exact) mass is 365 g/mol. The number of methoxy groups -OCH3 is 3. The van der Waals surface area contributed by atoms with E-state index in [0.29, 0.717) is 30.3 Å². The van der Waals surface area contributed by atoms with E-state index in [1.54, 1.807) is 21.3 Å². The highest BCUT2D eigenvalue weighted by atomic mass is 16.5. The van der Waals surface area contributed by atoms with Gasteiger partial charge in [-0.1, -0.05) is 19.8 Å². The first-order valence-electron chi connectivity index (χ1n) is 9.22. The summed E-state index contributed by atoms with van der Waals surface area (Å²) in [4.78, 5) is 16.3. The highest BCUT2D eigenvalue weighted by Crippen LogP contribution is 2.41. The Hall–Kier alpha value is -2.31. The average Bonchev–Trinajstić information content (AvgIpc) is 2.69. The van der Waals surface area contributed by atoms with Crippen molar-refractivity contribution in [1.82, 2.24) is 10.2 Å². The van der Waals surface area contributed by atoms with Gasteiger partial charge < -0.3 is 29.3 Å². The summed E-state index contributed by atoms with van der Waals surface area (Å²) in [6, 6.07) is 3.93. The predicted octanol–water partition coefficient (Wildman–Crippen LogP) is 2.73. The number of hydrogen-bond donors (Lipinski definition) is 1. The minimum atomic E-state index is 0.0330. The number of amides is 2. The summed E-state index contributed by atoms with van der Waals surface area (Å²) in [6.45, 7) is 5.82. The number of benzene rings is 1. The van der Waals surface area contributed by atoms with Crippen molar-refractivity contribution in [2.45, 2.75) is 26.2 Å². The Kier molecular flexibility index (Phi) is 7.69. The molecule has 2 rings (SSSR count). The summed E-state index contributed by atoms with van der Waals surface area (Å²) < 4.78 is 16.2. The van der Waals surface area contributed by atoms with Gasteiger partial charge in [-0.05, 0) is 6.42 Å². The summed E-state index contributed by atoms with van der Waals surface area (Å²) in [5, 5.41) is 3.01. The number of rotatable bonds is 8. The average molecular weight is 365 g/mol. The first-order chi connectivity index (χ1) is 12.6. The van der Waals surface area contributed by atoms with Crippen LogP contribution in [-0.2, 0) is 0 Å². The molecule has 2 amide bonds. The third kappa shape index (κ3) is 4.86. The van der Waals surface area contributed by atoms with Crippen molar-refractivity contribution < 1.29 is 19.0 Å². The zero-order chi connectivity index (χ0) is 18.9. The molecule has 0 aromatic heterocycles. The fourth-order valence-electron chi connectivity index (χ4n) is 3.10. The zero-order valence-electron chi connectivity index (χ0n) is 16.3. The van der Waals surface area contributed by atoms with Crippen LogP contribution in [0, 0.1) is 0 Å². The summed E-state index contributed by atoms with van der Waals surface area (Å²) in [5.74, 6) is 1.86. The minimum absolute atomic E-state index is 0.0330. The Bertz CT molecular complexity index is 561. The van der Waals surface area contributed by atoms with E-state index in [-0.39, 0.29) is 6.03 Å². The molecular weight excluding hydrogens is 334 g/mol. The van der Waals surface area contributed by atoms with Crippen LogP contribution in [0.2, 0.25) is 0 Å². The second-order valence-electron chi connectivity index (χ2n) is 6.30. The molecule has 0 aliphatic carbocycles. The number of piperazine rings is 1. The number of anilines is 1. The molecule has 0 unspecified atom stereocenters. The van der Waals surface area contributed by atoms with Crippen molar-refractivity contribution in [3.63, 3.8) is 0 Å². The molecule has 1 aromatic rings. The normalized spacial score (nSPS) is 14.2. The number of hydrogen-bond acceptors (Lipinski definition) is 5. The molecule has 0 radical (unpaired) electrons. The molecule has 7 nitrogen and oxygen atoms in total. The molecular formula is C19H31N3O4. The van der Waals surface area contributed by atoms with E-state index >= 15 is 0 Å². The van der Waals surface area contributed by atoms with E-state index < -0.39 is 0 Å². The van der Waals surface area contributed by atoms with Crippen molar-refractivity contribution in [2.75, 3.05) is 59.0 Å². The number of carbonyl (C=O) groups excluding carboxylic acids is 1. The van der Waals surface area contributed by atoms with Gasteiger partial charge in [0.1, 0.15) is 0 Å². The van der Waals surface area contributed by atoms with Gasteiger partial charge in [0.25, 0.3) is 0 Å². The van der Waals surface area contributed by atoms with Gasteiger partial charge in [-0.3, -0.25) is 0 Å². The maximum absolute atomic E-state index is 12.2. The van der Waals surface area contributed by atoms with Crippen LogP contribution in [0.4, 0.5) is 10.5 Å². The van der Waals surface area contributed by atoms with Crippen LogP contribution in [0.5, 0.6) is 17.2 Å². The lowest BCUT2D eigenvalue weighted by Gasteiger charge is -2.36. The predicted molar refractivity (Wildman–Crippen MR) is 103 cm³/mol. The van der Waals surface area contributed by atoms with Gasteiger partial charge in [-0.2, -0.15) is 0 Å². The third-order valence-electron chi connectivity index (χ3n) is 4.64. The molecule has 7 heteroatoms. The molecule has 1 aliphatic rings. The molecule has 0 spiro atoms. The van der Waals surface area contributed by atoms with Crippen molar-refractivity contribution >= 4 is 11.7 Å². The van der Waals surface area contributed by atoms with Crippen LogP contribution in [0.15, 0.2) is 12.1 Å². The number of urea groups is 1. The van der Waals surface area contributed by atoms with Crippen LogP contribution in [0.1, 0.15) is 26.2 Å². The topological polar surface area (TPSA) is 63.3 Å². The molecule has 1 saturated heterocycles. The largest absolute Gasteiger partial charge is 0.493 e. The van der Waals surface area contributed by atoms with Crippen LogP contribution in [0.3, 0.4) is 0 Å². The van der Waals surface area contributed by atoms with E-state index in [4.69, 9.17) is 14.2 Å². The Labute approximate surface area is 156 Å². The van der Waals surface area contributed by atoms with Gasteiger partial charge in [0.2, 0.25) is 5.75 Å². The summed E-state index contributed by atoms with van der Waals surface area (Å²) in [6.07, 6.45) is 3.34. The van der Waals surface area contributed by atoms with E-state index in [1.165, 1.54) is 0 Å². The van der Waals surface area contributed by atoms with E-state index in [1.807, 2.05) is 17.0 Å². The molecule has 26 heavy (non-hydrogen) atoms. The lowest BCUT2D eigenvalue weighted by molar-refractivity contribution is 0.194. The third-order valence-corrected chi connectivity index (χ3v) is 4.64. The molecule has 1 N–H and O–H groups in total. The van der Waals surface area contributed by atoms with Gasteiger partial charge in [0.05, 0.1) is 21.3 Å². The highest BCUT2D eigenvalue weighted by Gasteiger charge is 2.23. The summed E-state index contributed by atoms with van der Waals surface area (Å²) >= 11 is 0. The molecule has 1 aromatic carbocycles. The van der Waals surface area contributed by atoms with Gasteiger partial charge in [0, 0.05) is 50.5 Å². The molecule has 146 valence electrons. The Balaban J connectivity index is 1.96. The highest BCUT2D eigenvalue weighted by molar-refractivity contribution is 5.74. The standard InChI is InChI=1S/C19H31N3O4/c1-5-6-7-8-20-19(23)22-11-9-21(10-12-22)15-13-16(24-2)18(26-4)17(14-15)25-3/h13-14H,5-12H2,1-4H3,(H,20,23). The Morgan fingerprint density at radius 1 is 1.00 bits per heavy atom. The van der Waals surface area contributed by atoms with Crippen LogP contribution in [0.25, 0.3) is 0 Å². The quantitative estimate of drug-likeness (QED) is 0.718. The minimum Gasteiger partial charge on any atom is -0.493 e. The van der Waals surface area contributed by atoms with Crippen molar-refractivity contribution in [3.05, 3.63) is 12.1 Å². The fourth-order valence-corrected chi connectivity index (χ4v) is 3.10. The van der Waals surface area contributed by atoms with Crippen LogP contribution >= 0.6 is 0 Å². The first kappa shape index (κ1) is 20.0. The summed E-state index contributed by atoms with van der Waals surface area (Å²) in [7, 11) is 4.82. The maximum atomic E-state index is 12.2. The number of nitrogens with zero attached hydrogens (tertiary/aromatic N) is 2. The first-order valence-corrected chi connectivity index (χ1v) is 9.22. The smallest absolute Gasteiger partial charge is 0.317 e. The maximum Gasteiger partial charge on any atom is 0.317 e. The Morgan fingerprint density at radius 3 is 2.12 bits per heavy atom. The second kappa shape index (κ2) is 9.99. The molecule has 0 bridgehead atoms. The van der Waals surface area contributed by atoms with Gasteiger partial charge in [0.15, 0.2) is 11.5 Å². The van der Waals surface area contributed by atoms with Gasteiger partial charge in [-0.25, -0.2) is 4.79 Å². The van der Waals surface area contributed by atoms with Crippen LogP contribution < -0.4 is 24.4 Å². The fraction of sp³-hybridized carbons (Fsp3) is 0.632. The number of unbranched alkanes of at least 4 members (excludes halogenated alkanes) is 2. The molecule has 0 saturated carbocycles. The van der Waals surface area contributed by atoms with E-state index in [2.05, 4.69) is 17.1 Å². The van der Waals surface area contributed by atoms with Gasteiger partial charge in [-0.15, -0.1) is 0 Å².